The number of aromatic hydroxyl groups is 1. The van der Waals surface area contributed by atoms with Gasteiger partial charge >= 0.3 is 0 Å². The van der Waals surface area contributed by atoms with Crippen molar-refractivity contribution in [2.75, 3.05) is 28.4 Å². The van der Waals surface area contributed by atoms with Crippen LogP contribution < -0.4 is 20.1 Å². The Kier molecular flexibility index (Phi) is 9.22. The Hall–Kier alpha value is -1.81. The molecule has 3 unspecified atom stereocenters. The lowest BCUT2D eigenvalue weighted by molar-refractivity contribution is -0.00362. The highest BCUT2D eigenvalue weighted by molar-refractivity contribution is 7.74. The number of unbranched alkanes of at least 4 members (excludes halogenated alkanes) is 1. The summed E-state index contributed by atoms with van der Waals surface area (Å²) in [4.78, 5) is 0. The molecule has 0 aromatic heterocycles. The van der Waals surface area contributed by atoms with Crippen molar-refractivity contribution < 1.29 is 24.1 Å². The molecule has 1 saturated carbocycles. The highest BCUT2D eigenvalue weighted by Gasteiger charge is 2.43. The molecular weight excluding hydrogens is 423 g/mol. The Morgan fingerprint density at radius 1 is 0.906 bits per heavy atom. The van der Waals surface area contributed by atoms with Crippen molar-refractivity contribution in [3.8, 4) is 17.2 Å². The topological polar surface area (TPSA) is 57.2 Å². The molecule has 0 aliphatic heterocycles. The van der Waals surface area contributed by atoms with Gasteiger partial charge in [-0.05, 0) is 57.7 Å². The average molecular weight is 461 g/mol. The summed E-state index contributed by atoms with van der Waals surface area (Å²) in [6.07, 6.45) is 6.01. The van der Waals surface area contributed by atoms with Crippen LogP contribution in [-0.4, -0.2) is 51.4 Å². The fraction of sp³-hybridized carbons (Fsp3) is 0.538. The normalized spacial score (nSPS) is 21.8. The summed E-state index contributed by atoms with van der Waals surface area (Å²) in [6, 6.07) is 12.0. The summed E-state index contributed by atoms with van der Waals surface area (Å²) < 4.78 is 23.7. The van der Waals surface area contributed by atoms with Crippen molar-refractivity contribution in [3.63, 3.8) is 0 Å². The molecule has 0 spiro atoms. The predicted octanol–water partition coefficient (Wildman–Crippen LogP) is 4.77. The van der Waals surface area contributed by atoms with E-state index in [0.717, 1.165) is 66.2 Å². The summed E-state index contributed by atoms with van der Waals surface area (Å²) in [7, 11) is 5.81. The van der Waals surface area contributed by atoms with E-state index in [1.54, 1.807) is 28.4 Å². The molecule has 1 aliphatic carbocycles. The second kappa shape index (κ2) is 11.9. The molecule has 1 fully saturated rings. The van der Waals surface area contributed by atoms with Gasteiger partial charge in [-0.15, -0.1) is 0 Å². The number of ether oxygens (including phenoxy) is 4. The predicted molar refractivity (Wildman–Crippen MR) is 132 cm³/mol. The number of methoxy groups -OCH3 is 4. The zero-order valence-electron chi connectivity index (χ0n) is 20.0. The van der Waals surface area contributed by atoms with Crippen LogP contribution >= 0.6 is 7.92 Å². The van der Waals surface area contributed by atoms with E-state index in [2.05, 4.69) is 19.1 Å². The molecule has 176 valence electrons. The van der Waals surface area contributed by atoms with E-state index < -0.39 is 7.92 Å². The molecule has 6 heteroatoms. The first kappa shape index (κ1) is 24.8. The van der Waals surface area contributed by atoms with Crippen molar-refractivity contribution in [2.45, 2.75) is 63.3 Å². The van der Waals surface area contributed by atoms with Crippen molar-refractivity contribution in [2.24, 2.45) is 0 Å². The first-order valence-corrected chi connectivity index (χ1v) is 12.9. The number of benzene rings is 2. The number of hydrogen-bond acceptors (Lipinski definition) is 5. The summed E-state index contributed by atoms with van der Waals surface area (Å²) in [5, 5.41) is 13.4. The summed E-state index contributed by atoms with van der Waals surface area (Å²) >= 11 is 0. The summed E-state index contributed by atoms with van der Waals surface area (Å²) in [6.45, 7) is 2.17. The monoisotopic (exact) mass is 460 g/mol. The maximum atomic E-state index is 11.5. The van der Waals surface area contributed by atoms with Gasteiger partial charge in [0.25, 0.3) is 0 Å². The van der Waals surface area contributed by atoms with Crippen molar-refractivity contribution in [1.29, 1.82) is 0 Å². The highest BCUT2D eigenvalue weighted by atomic mass is 31.1. The third kappa shape index (κ3) is 5.06. The number of hydrogen-bond donors (Lipinski definition) is 1. The van der Waals surface area contributed by atoms with Gasteiger partial charge < -0.3 is 24.1 Å². The van der Waals surface area contributed by atoms with Gasteiger partial charge in [-0.1, -0.05) is 37.6 Å². The van der Waals surface area contributed by atoms with E-state index in [-0.39, 0.29) is 17.9 Å². The Bertz CT molecular complexity index is 837. The zero-order valence-corrected chi connectivity index (χ0v) is 20.9. The van der Waals surface area contributed by atoms with Crippen LogP contribution in [0.2, 0.25) is 0 Å². The molecule has 3 atom stereocenters. The molecule has 0 amide bonds. The number of para-hydroxylation sites is 1. The Morgan fingerprint density at radius 2 is 1.50 bits per heavy atom. The highest BCUT2D eigenvalue weighted by Crippen LogP contribution is 2.53. The minimum absolute atomic E-state index is 0.0214. The molecule has 2 aromatic rings. The van der Waals surface area contributed by atoms with Crippen LogP contribution in [0.5, 0.6) is 17.2 Å². The van der Waals surface area contributed by atoms with Crippen LogP contribution in [0, 0.1) is 0 Å². The number of rotatable bonds is 10. The van der Waals surface area contributed by atoms with Gasteiger partial charge in [0.1, 0.15) is 17.2 Å². The minimum atomic E-state index is -1.11. The van der Waals surface area contributed by atoms with Crippen LogP contribution in [0.25, 0.3) is 0 Å². The van der Waals surface area contributed by atoms with Gasteiger partial charge in [0.05, 0.1) is 31.7 Å². The lowest BCUT2D eigenvalue weighted by atomic mass is 9.94. The molecule has 0 radical (unpaired) electrons. The van der Waals surface area contributed by atoms with Crippen LogP contribution in [0.3, 0.4) is 0 Å². The minimum Gasteiger partial charge on any atom is -0.507 e. The van der Waals surface area contributed by atoms with Gasteiger partial charge in [0, 0.05) is 25.2 Å². The Balaban J connectivity index is 2.27. The largest absolute Gasteiger partial charge is 0.507 e. The molecule has 3 rings (SSSR count). The van der Waals surface area contributed by atoms with E-state index in [1.807, 2.05) is 24.3 Å². The number of phenolic OH excluding ortho intramolecular Hbond substituents is 1. The molecule has 0 bridgehead atoms. The maximum absolute atomic E-state index is 11.5. The molecule has 0 saturated heterocycles. The van der Waals surface area contributed by atoms with Crippen LogP contribution in [0.4, 0.5) is 0 Å². The average Bonchev–Trinajstić information content (AvgIpc) is 2.84. The third-order valence-corrected chi connectivity index (χ3v) is 9.51. The quantitative estimate of drug-likeness (QED) is 0.518. The van der Waals surface area contributed by atoms with E-state index in [1.165, 1.54) is 0 Å². The van der Waals surface area contributed by atoms with E-state index in [4.69, 9.17) is 18.9 Å². The standard InChI is InChI=1S/C26H37O5P/c1-6-7-11-18-12-8-17-23(24(18)27)32(25-19(28-2)13-9-14-20(25)29-3)26-21(30-4)15-10-16-22(26)31-5/h8-9,12-14,17,21-22,26-27H,6-7,10-11,15-16H2,1-5H3. The van der Waals surface area contributed by atoms with Crippen molar-refractivity contribution in [3.05, 3.63) is 42.0 Å². The van der Waals surface area contributed by atoms with Gasteiger partial charge in [0.2, 0.25) is 0 Å². The second-order valence-corrected chi connectivity index (χ2v) is 10.5. The third-order valence-electron chi connectivity index (χ3n) is 6.44. The van der Waals surface area contributed by atoms with Crippen molar-refractivity contribution >= 4 is 18.5 Å². The van der Waals surface area contributed by atoms with Crippen LogP contribution in [0.15, 0.2) is 36.4 Å². The molecule has 2 aromatic carbocycles. The number of aryl methyl sites for hydroxylation is 1. The summed E-state index contributed by atoms with van der Waals surface area (Å²) in [5.41, 5.74) is 1.05. The zero-order chi connectivity index (χ0) is 23.1. The Morgan fingerprint density at radius 3 is 2.03 bits per heavy atom. The number of phenols is 1. The Labute approximate surface area is 193 Å². The van der Waals surface area contributed by atoms with E-state index in [0.29, 0.717) is 5.75 Å². The lowest BCUT2D eigenvalue weighted by Gasteiger charge is -2.42. The first-order valence-electron chi connectivity index (χ1n) is 11.5. The van der Waals surface area contributed by atoms with E-state index >= 15 is 0 Å². The van der Waals surface area contributed by atoms with Crippen LogP contribution in [-0.2, 0) is 15.9 Å². The second-order valence-electron chi connectivity index (χ2n) is 8.24. The van der Waals surface area contributed by atoms with Crippen molar-refractivity contribution in [1.82, 2.24) is 0 Å². The SMILES string of the molecule is CCCCc1cccc(P(c2c(OC)cccc2OC)C2C(OC)CCCC2OC)c1O. The smallest absolute Gasteiger partial charge is 0.130 e. The fourth-order valence-corrected chi connectivity index (χ4v) is 8.28. The van der Waals surface area contributed by atoms with Gasteiger partial charge in [0.15, 0.2) is 0 Å². The molecule has 1 N–H and O–H groups in total. The first-order chi connectivity index (χ1) is 15.6. The fourth-order valence-electron chi connectivity index (χ4n) is 4.79. The molecular formula is C26H37O5P. The van der Waals surface area contributed by atoms with E-state index in [9.17, 15) is 5.11 Å². The van der Waals surface area contributed by atoms with Gasteiger partial charge in [-0.25, -0.2) is 0 Å². The van der Waals surface area contributed by atoms with Crippen LogP contribution in [0.1, 0.15) is 44.6 Å². The molecule has 32 heavy (non-hydrogen) atoms. The molecule has 1 aliphatic rings. The maximum Gasteiger partial charge on any atom is 0.130 e. The molecule has 5 nitrogen and oxygen atoms in total. The van der Waals surface area contributed by atoms with Gasteiger partial charge in [-0.2, -0.15) is 0 Å². The summed E-state index contributed by atoms with van der Waals surface area (Å²) in [5.74, 6) is 1.92. The molecule has 0 heterocycles. The lowest BCUT2D eigenvalue weighted by Crippen LogP contribution is -2.45. The van der Waals surface area contributed by atoms with Gasteiger partial charge in [-0.3, -0.25) is 0 Å².